The number of benzene rings is 1. The normalized spacial score (nSPS) is 26.1. The minimum Gasteiger partial charge on any atom is -0.398 e. The van der Waals surface area contributed by atoms with Crippen molar-refractivity contribution in [2.24, 2.45) is 5.92 Å². The molecule has 80 valence electrons. The molecule has 1 unspecified atom stereocenters. The summed E-state index contributed by atoms with van der Waals surface area (Å²) in [6.07, 6.45) is 4.71. The van der Waals surface area contributed by atoms with Crippen molar-refractivity contribution in [2.45, 2.75) is 32.6 Å². The molecule has 1 nitrogen and oxygen atoms in total. The maximum atomic E-state index is 6.03. The van der Waals surface area contributed by atoms with Crippen LogP contribution in [0.2, 0.25) is 0 Å². The first kappa shape index (κ1) is 10.3. The first-order valence-electron chi connectivity index (χ1n) is 5.68. The van der Waals surface area contributed by atoms with E-state index in [0.29, 0.717) is 11.8 Å². The molecule has 1 heteroatoms. The Morgan fingerprint density at radius 1 is 1.27 bits per heavy atom. The van der Waals surface area contributed by atoms with Gasteiger partial charge in [-0.2, -0.15) is 0 Å². The fourth-order valence-electron chi connectivity index (χ4n) is 2.58. The summed E-state index contributed by atoms with van der Waals surface area (Å²) in [5, 5.41) is 0. The molecule has 0 aromatic heterocycles. The number of para-hydroxylation sites is 1. The third-order valence-electron chi connectivity index (χ3n) is 3.45. The first-order valence-corrected chi connectivity index (χ1v) is 5.68. The molecule has 0 spiro atoms. The molecule has 2 N–H and O–H groups in total. The Labute approximate surface area is 92.0 Å². The van der Waals surface area contributed by atoms with E-state index in [1.54, 1.807) is 0 Å². The summed E-state index contributed by atoms with van der Waals surface area (Å²) in [5.74, 6) is 1.31. The monoisotopic (exact) mass is 201 g/mol. The predicted octanol–water partition coefficient (Wildman–Crippen LogP) is 3.73. The second kappa shape index (κ2) is 4.09. The smallest absolute Gasteiger partial charge is 0.0349 e. The van der Waals surface area contributed by atoms with Crippen LogP contribution in [-0.4, -0.2) is 0 Å². The Morgan fingerprint density at radius 3 is 2.67 bits per heavy atom. The van der Waals surface area contributed by atoms with Crippen molar-refractivity contribution in [3.8, 4) is 0 Å². The summed E-state index contributed by atoms with van der Waals surface area (Å²) < 4.78 is 0. The highest BCUT2D eigenvalue weighted by Crippen LogP contribution is 2.38. The third-order valence-corrected chi connectivity index (χ3v) is 3.45. The van der Waals surface area contributed by atoms with Gasteiger partial charge in [0.1, 0.15) is 0 Å². The Kier molecular flexibility index (Phi) is 2.81. The number of allylic oxidation sites excluding steroid dienone is 2. The maximum absolute atomic E-state index is 6.03. The minimum absolute atomic E-state index is 0.606. The van der Waals surface area contributed by atoms with Crippen LogP contribution in [0, 0.1) is 5.92 Å². The number of nitrogens with two attached hydrogens (primary N) is 1. The average Bonchev–Trinajstić information content (AvgIpc) is 2.20. The summed E-state index contributed by atoms with van der Waals surface area (Å²) in [4.78, 5) is 0. The van der Waals surface area contributed by atoms with E-state index < -0.39 is 0 Å². The zero-order valence-corrected chi connectivity index (χ0v) is 9.53. The summed E-state index contributed by atoms with van der Waals surface area (Å²) in [5.41, 5.74) is 9.82. The van der Waals surface area contributed by atoms with E-state index in [2.05, 4.69) is 32.1 Å². The zero-order chi connectivity index (χ0) is 10.8. The van der Waals surface area contributed by atoms with Gasteiger partial charge in [0, 0.05) is 5.69 Å². The molecule has 15 heavy (non-hydrogen) atoms. The van der Waals surface area contributed by atoms with Crippen LogP contribution in [-0.2, 0) is 0 Å². The molecule has 1 aromatic rings. The molecular formula is C14H19N. The maximum Gasteiger partial charge on any atom is 0.0349 e. The number of hydrogen-bond acceptors (Lipinski definition) is 1. The lowest BCUT2D eigenvalue weighted by atomic mass is 9.77. The van der Waals surface area contributed by atoms with Gasteiger partial charge in [0.15, 0.2) is 0 Å². The van der Waals surface area contributed by atoms with Crippen molar-refractivity contribution in [1.82, 2.24) is 0 Å². The molecule has 0 amide bonds. The van der Waals surface area contributed by atoms with Crippen LogP contribution in [0.5, 0.6) is 0 Å². The van der Waals surface area contributed by atoms with E-state index in [-0.39, 0.29) is 0 Å². The van der Waals surface area contributed by atoms with E-state index >= 15 is 0 Å². The summed E-state index contributed by atoms with van der Waals surface area (Å²) in [6.45, 7) is 4.55. The van der Waals surface area contributed by atoms with Gasteiger partial charge in [-0.25, -0.2) is 0 Å². The second-order valence-corrected chi connectivity index (χ2v) is 4.70. The van der Waals surface area contributed by atoms with Crippen LogP contribution in [0.4, 0.5) is 5.69 Å². The van der Waals surface area contributed by atoms with Gasteiger partial charge in [-0.15, -0.1) is 0 Å². The quantitative estimate of drug-likeness (QED) is 0.543. The molecule has 0 bridgehead atoms. The Morgan fingerprint density at radius 2 is 2.00 bits per heavy atom. The van der Waals surface area contributed by atoms with Crippen molar-refractivity contribution < 1.29 is 0 Å². The summed E-state index contributed by atoms with van der Waals surface area (Å²) >= 11 is 0. The molecular weight excluding hydrogens is 182 g/mol. The zero-order valence-electron chi connectivity index (χ0n) is 9.53. The molecule has 0 heterocycles. The van der Waals surface area contributed by atoms with Crippen LogP contribution in [0.3, 0.4) is 0 Å². The van der Waals surface area contributed by atoms with Gasteiger partial charge in [-0.1, -0.05) is 36.8 Å². The van der Waals surface area contributed by atoms with Gasteiger partial charge in [0.05, 0.1) is 0 Å². The van der Waals surface area contributed by atoms with E-state index in [0.717, 1.165) is 12.1 Å². The molecule has 0 radical (unpaired) electrons. The highest BCUT2D eigenvalue weighted by molar-refractivity contribution is 5.49. The van der Waals surface area contributed by atoms with Crippen molar-refractivity contribution >= 4 is 5.69 Å². The lowest BCUT2D eigenvalue weighted by molar-refractivity contribution is 0.437. The van der Waals surface area contributed by atoms with Crippen LogP contribution < -0.4 is 5.73 Å². The molecule has 1 aliphatic carbocycles. The molecule has 2 atom stereocenters. The lowest BCUT2D eigenvalue weighted by Gasteiger charge is -2.28. The van der Waals surface area contributed by atoms with E-state index in [4.69, 9.17) is 5.73 Å². The van der Waals surface area contributed by atoms with Gasteiger partial charge in [-0.3, -0.25) is 0 Å². The molecule has 0 saturated carbocycles. The molecule has 1 aromatic carbocycles. The average molecular weight is 201 g/mol. The van der Waals surface area contributed by atoms with Gasteiger partial charge in [0.2, 0.25) is 0 Å². The van der Waals surface area contributed by atoms with Gasteiger partial charge >= 0.3 is 0 Å². The second-order valence-electron chi connectivity index (χ2n) is 4.70. The van der Waals surface area contributed by atoms with E-state index in [1.807, 2.05) is 12.1 Å². The van der Waals surface area contributed by atoms with Crippen LogP contribution in [0.1, 0.15) is 38.2 Å². The van der Waals surface area contributed by atoms with Gasteiger partial charge < -0.3 is 5.73 Å². The van der Waals surface area contributed by atoms with E-state index in [1.165, 1.54) is 17.6 Å². The predicted molar refractivity (Wildman–Crippen MR) is 65.8 cm³/mol. The van der Waals surface area contributed by atoms with Crippen LogP contribution >= 0.6 is 0 Å². The lowest BCUT2D eigenvalue weighted by Crippen LogP contribution is -2.15. The van der Waals surface area contributed by atoms with Crippen molar-refractivity contribution in [1.29, 1.82) is 0 Å². The number of anilines is 1. The largest absolute Gasteiger partial charge is 0.398 e. The molecule has 0 aliphatic heterocycles. The fraction of sp³-hybridized carbons (Fsp3) is 0.429. The van der Waals surface area contributed by atoms with Crippen LogP contribution in [0.25, 0.3) is 0 Å². The molecule has 0 fully saturated rings. The molecule has 2 rings (SSSR count). The van der Waals surface area contributed by atoms with Crippen LogP contribution in [0.15, 0.2) is 35.9 Å². The number of hydrogen-bond donors (Lipinski definition) is 1. The highest BCUT2D eigenvalue weighted by atomic mass is 14.6. The van der Waals surface area contributed by atoms with Gasteiger partial charge in [-0.05, 0) is 43.2 Å². The first-order chi connectivity index (χ1) is 7.18. The fourth-order valence-corrected chi connectivity index (χ4v) is 2.58. The molecule has 1 aliphatic rings. The highest BCUT2D eigenvalue weighted by Gasteiger charge is 2.23. The van der Waals surface area contributed by atoms with Gasteiger partial charge in [0.25, 0.3) is 0 Å². The molecule has 0 saturated heterocycles. The van der Waals surface area contributed by atoms with Crippen molar-refractivity contribution in [2.75, 3.05) is 5.73 Å². The summed E-state index contributed by atoms with van der Waals surface area (Å²) in [6, 6.07) is 8.27. The summed E-state index contributed by atoms with van der Waals surface area (Å²) in [7, 11) is 0. The topological polar surface area (TPSA) is 26.0 Å². The standard InChI is InChI=1S/C14H19N/c1-10-7-8-12(11(2)9-10)13-5-3-4-6-14(13)15/h3-7,11-12H,8-9,15H2,1-2H3/t11-,12?/m0/s1. The number of rotatable bonds is 1. The SMILES string of the molecule is CC1=CCC(c2ccccc2N)[C@@H](C)C1. The Hall–Kier alpha value is -1.24. The Bertz CT molecular complexity index is 379. The number of nitrogen functional groups attached to an aromatic ring is 1. The van der Waals surface area contributed by atoms with E-state index in [9.17, 15) is 0 Å². The van der Waals surface area contributed by atoms with Crippen molar-refractivity contribution in [3.05, 3.63) is 41.5 Å². The van der Waals surface area contributed by atoms with Crippen molar-refractivity contribution in [3.63, 3.8) is 0 Å². The Balaban J connectivity index is 2.29. The minimum atomic E-state index is 0.606. The third kappa shape index (κ3) is 2.06.